The first-order chi connectivity index (χ1) is 14.0. The summed E-state index contributed by atoms with van der Waals surface area (Å²) in [5, 5.41) is 3.59. The Hall–Kier alpha value is -2.57. The topological polar surface area (TPSA) is 61.9 Å². The van der Waals surface area contributed by atoms with Gasteiger partial charge in [0.15, 0.2) is 0 Å². The molecule has 2 aromatic carbocycles. The fourth-order valence-electron chi connectivity index (χ4n) is 3.16. The van der Waals surface area contributed by atoms with Gasteiger partial charge >= 0.3 is 6.03 Å². The predicted molar refractivity (Wildman–Crippen MR) is 113 cm³/mol. The number of nitrogens with one attached hydrogen (secondary N) is 1. The Labute approximate surface area is 176 Å². The van der Waals surface area contributed by atoms with Crippen molar-refractivity contribution in [3.63, 3.8) is 0 Å². The number of urea groups is 1. The largest absolute Gasteiger partial charge is 0.378 e. The molecule has 1 aliphatic heterocycles. The van der Waals surface area contributed by atoms with Crippen LogP contribution in [0.5, 0.6) is 0 Å². The fraction of sp³-hybridized carbons (Fsp3) is 0.364. The van der Waals surface area contributed by atoms with Crippen LogP contribution in [0.2, 0.25) is 5.02 Å². The number of ether oxygens (including phenoxy) is 1. The van der Waals surface area contributed by atoms with E-state index in [9.17, 15) is 9.59 Å². The van der Waals surface area contributed by atoms with E-state index in [1.165, 1.54) is 0 Å². The number of rotatable bonds is 5. The first kappa shape index (κ1) is 21.1. The second kappa shape index (κ2) is 9.76. The van der Waals surface area contributed by atoms with Crippen molar-refractivity contribution in [1.82, 2.24) is 15.1 Å². The molecule has 1 atom stereocenters. The van der Waals surface area contributed by atoms with Gasteiger partial charge in [-0.1, -0.05) is 35.9 Å². The second-order valence-corrected chi connectivity index (χ2v) is 7.54. The van der Waals surface area contributed by atoms with Gasteiger partial charge in [0.2, 0.25) is 0 Å². The van der Waals surface area contributed by atoms with Gasteiger partial charge in [0.25, 0.3) is 5.91 Å². The maximum absolute atomic E-state index is 12.5. The summed E-state index contributed by atoms with van der Waals surface area (Å²) in [6.07, 6.45) is 0. The van der Waals surface area contributed by atoms with E-state index in [0.29, 0.717) is 43.4 Å². The quantitative estimate of drug-likeness (QED) is 0.809. The van der Waals surface area contributed by atoms with E-state index >= 15 is 0 Å². The van der Waals surface area contributed by atoms with E-state index in [2.05, 4.69) is 5.32 Å². The number of halogens is 1. The summed E-state index contributed by atoms with van der Waals surface area (Å²) in [4.78, 5) is 28.4. The van der Waals surface area contributed by atoms with Crippen molar-refractivity contribution in [2.45, 2.75) is 19.5 Å². The average molecular weight is 416 g/mol. The third-order valence-electron chi connectivity index (χ3n) is 5.20. The van der Waals surface area contributed by atoms with Crippen LogP contribution in [0, 0.1) is 0 Å². The molecule has 0 spiro atoms. The predicted octanol–water partition coefficient (Wildman–Crippen LogP) is 3.72. The van der Waals surface area contributed by atoms with E-state index in [0.717, 1.165) is 11.1 Å². The minimum Gasteiger partial charge on any atom is -0.378 e. The van der Waals surface area contributed by atoms with Crippen molar-refractivity contribution in [2.75, 3.05) is 33.4 Å². The van der Waals surface area contributed by atoms with Crippen LogP contribution in [-0.4, -0.2) is 55.1 Å². The summed E-state index contributed by atoms with van der Waals surface area (Å²) in [6.45, 7) is 4.76. The molecule has 0 unspecified atom stereocenters. The molecule has 3 amide bonds. The maximum Gasteiger partial charge on any atom is 0.317 e. The molecule has 6 nitrogen and oxygen atoms in total. The van der Waals surface area contributed by atoms with Crippen LogP contribution in [-0.2, 0) is 11.3 Å². The Morgan fingerprint density at radius 3 is 2.34 bits per heavy atom. The minimum absolute atomic E-state index is 0.0143. The molecular weight excluding hydrogens is 390 g/mol. The van der Waals surface area contributed by atoms with Crippen molar-refractivity contribution >= 4 is 23.5 Å². The van der Waals surface area contributed by atoms with Gasteiger partial charge in [-0.15, -0.1) is 0 Å². The molecule has 1 saturated heterocycles. The highest BCUT2D eigenvalue weighted by atomic mass is 35.5. The average Bonchev–Trinajstić information content (AvgIpc) is 2.77. The third kappa shape index (κ3) is 5.49. The van der Waals surface area contributed by atoms with Gasteiger partial charge < -0.3 is 19.9 Å². The molecule has 1 N–H and O–H groups in total. The molecule has 0 aliphatic carbocycles. The Morgan fingerprint density at radius 1 is 1.10 bits per heavy atom. The summed E-state index contributed by atoms with van der Waals surface area (Å²) in [7, 11) is 1.76. The van der Waals surface area contributed by atoms with E-state index in [1.54, 1.807) is 29.0 Å². The molecule has 0 saturated carbocycles. The number of benzene rings is 2. The minimum atomic E-state index is -0.166. The summed E-state index contributed by atoms with van der Waals surface area (Å²) in [5.41, 5.74) is 2.60. The molecule has 7 heteroatoms. The van der Waals surface area contributed by atoms with Gasteiger partial charge in [0.1, 0.15) is 0 Å². The maximum atomic E-state index is 12.5. The Bertz CT molecular complexity index is 833. The van der Waals surface area contributed by atoms with Gasteiger partial charge in [-0.3, -0.25) is 4.79 Å². The van der Waals surface area contributed by atoms with Crippen LogP contribution < -0.4 is 5.32 Å². The zero-order valence-corrected chi connectivity index (χ0v) is 17.5. The molecule has 154 valence electrons. The molecule has 2 aromatic rings. The zero-order valence-electron chi connectivity index (χ0n) is 16.7. The van der Waals surface area contributed by atoms with Gasteiger partial charge in [-0.2, -0.15) is 0 Å². The van der Waals surface area contributed by atoms with E-state index < -0.39 is 0 Å². The lowest BCUT2D eigenvalue weighted by molar-refractivity contribution is 0.0303. The number of morpholine rings is 1. The van der Waals surface area contributed by atoms with Gasteiger partial charge in [-0.05, 0) is 42.3 Å². The van der Waals surface area contributed by atoms with Crippen molar-refractivity contribution in [1.29, 1.82) is 0 Å². The highest BCUT2D eigenvalue weighted by molar-refractivity contribution is 6.30. The molecular formula is C22H26ClN3O3. The number of carbonyl (C=O) groups excluding carboxylic acids is 2. The summed E-state index contributed by atoms with van der Waals surface area (Å²) in [6, 6.07) is 14.6. The summed E-state index contributed by atoms with van der Waals surface area (Å²) in [5.74, 6) is 0.0143. The second-order valence-electron chi connectivity index (χ2n) is 7.10. The number of nitrogens with zero attached hydrogens (tertiary/aromatic N) is 2. The van der Waals surface area contributed by atoms with Crippen molar-refractivity contribution in [3.8, 4) is 0 Å². The van der Waals surface area contributed by atoms with Crippen molar-refractivity contribution in [3.05, 3.63) is 70.2 Å². The molecule has 3 rings (SSSR count). The smallest absolute Gasteiger partial charge is 0.317 e. The molecule has 29 heavy (non-hydrogen) atoms. The molecule has 0 aromatic heterocycles. The lowest BCUT2D eigenvalue weighted by Gasteiger charge is -2.27. The van der Waals surface area contributed by atoms with E-state index in [4.69, 9.17) is 16.3 Å². The van der Waals surface area contributed by atoms with E-state index in [1.807, 2.05) is 43.3 Å². The first-order valence-corrected chi connectivity index (χ1v) is 10.1. The molecule has 1 fully saturated rings. The highest BCUT2D eigenvalue weighted by Crippen LogP contribution is 2.21. The van der Waals surface area contributed by atoms with Crippen LogP contribution in [0.25, 0.3) is 0 Å². The SMILES string of the molecule is C[C@@H](c1ccc(Cl)cc1)N(C)C(=O)NCc1ccc(C(=O)N2CCOCC2)cc1. The van der Waals surface area contributed by atoms with E-state index in [-0.39, 0.29) is 18.0 Å². The Morgan fingerprint density at radius 2 is 1.72 bits per heavy atom. The van der Waals surface area contributed by atoms with Gasteiger partial charge in [0, 0.05) is 37.3 Å². The normalized spacial score (nSPS) is 14.9. The highest BCUT2D eigenvalue weighted by Gasteiger charge is 2.19. The van der Waals surface area contributed by atoms with Crippen LogP contribution in [0.3, 0.4) is 0 Å². The zero-order chi connectivity index (χ0) is 20.8. The van der Waals surface area contributed by atoms with Crippen LogP contribution >= 0.6 is 11.6 Å². The van der Waals surface area contributed by atoms with Crippen LogP contribution in [0.15, 0.2) is 48.5 Å². The molecule has 1 aliphatic rings. The number of hydrogen-bond acceptors (Lipinski definition) is 3. The first-order valence-electron chi connectivity index (χ1n) is 9.68. The number of carbonyl (C=O) groups is 2. The monoisotopic (exact) mass is 415 g/mol. The van der Waals surface area contributed by atoms with Gasteiger partial charge in [0.05, 0.1) is 19.3 Å². The van der Waals surface area contributed by atoms with Gasteiger partial charge in [-0.25, -0.2) is 4.79 Å². The third-order valence-corrected chi connectivity index (χ3v) is 5.45. The standard InChI is InChI=1S/C22H26ClN3O3/c1-16(18-7-9-20(23)10-8-18)25(2)22(28)24-15-17-3-5-19(6-4-17)21(27)26-11-13-29-14-12-26/h3-10,16H,11-15H2,1-2H3,(H,24,28)/t16-/m0/s1. The molecule has 0 radical (unpaired) electrons. The van der Waals surface area contributed by atoms with Crippen LogP contribution in [0.1, 0.15) is 34.5 Å². The number of hydrogen-bond donors (Lipinski definition) is 1. The lowest BCUT2D eigenvalue weighted by Crippen LogP contribution is -2.40. The molecule has 0 bridgehead atoms. The van der Waals surface area contributed by atoms with Crippen molar-refractivity contribution < 1.29 is 14.3 Å². The summed E-state index contributed by atoms with van der Waals surface area (Å²) < 4.78 is 5.28. The number of amides is 3. The lowest BCUT2D eigenvalue weighted by atomic mass is 10.1. The molecule has 1 heterocycles. The Kier molecular flexibility index (Phi) is 7.12. The van der Waals surface area contributed by atoms with Crippen molar-refractivity contribution in [2.24, 2.45) is 0 Å². The fourth-order valence-corrected chi connectivity index (χ4v) is 3.28. The summed E-state index contributed by atoms with van der Waals surface area (Å²) >= 11 is 5.93. The Balaban J connectivity index is 1.53. The van der Waals surface area contributed by atoms with Crippen LogP contribution in [0.4, 0.5) is 4.79 Å².